The average molecular weight is 565 g/mol. The lowest BCUT2D eigenvalue weighted by Gasteiger charge is -2.42. The molecule has 2 atom stereocenters. The molecule has 2 N–H and O–H groups in total. The molecule has 1 saturated heterocycles. The van der Waals surface area contributed by atoms with Crippen LogP contribution in [-0.4, -0.2) is 91.6 Å². The van der Waals surface area contributed by atoms with E-state index in [4.69, 9.17) is 0 Å². The van der Waals surface area contributed by atoms with Gasteiger partial charge < -0.3 is 20.3 Å². The summed E-state index contributed by atoms with van der Waals surface area (Å²) in [6.07, 6.45) is -5.34. The van der Waals surface area contributed by atoms with Crippen molar-refractivity contribution in [2.24, 2.45) is 5.92 Å². The third-order valence-electron chi connectivity index (χ3n) is 5.43. The van der Waals surface area contributed by atoms with E-state index in [1.54, 1.807) is 38.1 Å². The Kier molecular flexibility index (Phi) is 10.1. The third-order valence-corrected chi connectivity index (χ3v) is 5.96. The van der Waals surface area contributed by atoms with Gasteiger partial charge in [-0.3, -0.25) is 19.3 Å². The number of ether oxygens (including phenoxy) is 1. The van der Waals surface area contributed by atoms with Crippen molar-refractivity contribution in [3.63, 3.8) is 0 Å². The van der Waals surface area contributed by atoms with Gasteiger partial charge in [-0.15, -0.1) is 0 Å². The minimum Gasteiger partial charge on any atom is -0.453 e. The molecule has 1 aliphatic heterocycles. The summed E-state index contributed by atoms with van der Waals surface area (Å²) in [6, 6.07) is 4.09. The van der Waals surface area contributed by atoms with E-state index in [2.05, 4.69) is 31.3 Å². The maximum atomic E-state index is 13.3. The molecular formula is C22H28BrF3N4O5. The van der Waals surface area contributed by atoms with Crippen LogP contribution in [0.1, 0.15) is 24.2 Å². The number of piperazine rings is 1. The monoisotopic (exact) mass is 564 g/mol. The zero-order valence-electron chi connectivity index (χ0n) is 19.5. The summed E-state index contributed by atoms with van der Waals surface area (Å²) in [5.41, 5.74) is 0.339. The zero-order valence-corrected chi connectivity index (χ0v) is 21.1. The van der Waals surface area contributed by atoms with Gasteiger partial charge in [0.05, 0.1) is 20.2 Å². The minimum atomic E-state index is -4.49. The molecule has 2 rings (SSSR count). The van der Waals surface area contributed by atoms with Crippen molar-refractivity contribution in [3.8, 4) is 0 Å². The standard InChI is InChI=1S/C22H28BrF3N4O5/c1-13(2)18(28-21(34)35-3)20(33)30-9-8-29(12-22(24,25)26)11-16(30)19(32)27-10-17(31)14-4-6-15(23)7-5-14/h4-7,13,16,18H,8-12H2,1-3H3,(H,27,32)(H,28,34). The van der Waals surface area contributed by atoms with E-state index in [9.17, 15) is 32.3 Å². The number of hydrogen-bond donors (Lipinski definition) is 2. The lowest BCUT2D eigenvalue weighted by Crippen LogP contribution is -2.65. The second-order valence-electron chi connectivity index (χ2n) is 8.40. The van der Waals surface area contributed by atoms with Crippen LogP contribution in [0.15, 0.2) is 28.7 Å². The van der Waals surface area contributed by atoms with Gasteiger partial charge in [-0.1, -0.05) is 41.9 Å². The quantitative estimate of drug-likeness (QED) is 0.469. The smallest absolute Gasteiger partial charge is 0.407 e. The maximum absolute atomic E-state index is 13.3. The van der Waals surface area contributed by atoms with Gasteiger partial charge in [0.1, 0.15) is 12.1 Å². The summed E-state index contributed by atoms with van der Waals surface area (Å²) in [7, 11) is 1.13. The number of carbonyl (C=O) groups excluding carboxylic acids is 4. The summed E-state index contributed by atoms with van der Waals surface area (Å²) >= 11 is 3.26. The van der Waals surface area contributed by atoms with Crippen molar-refractivity contribution < 1.29 is 37.1 Å². The molecule has 0 aromatic heterocycles. The molecule has 2 unspecified atom stereocenters. The lowest BCUT2D eigenvalue weighted by atomic mass is 10.0. The fraction of sp³-hybridized carbons (Fsp3) is 0.545. The number of nitrogens with zero attached hydrogens (tertiary/aromatic N) is 2. The van der Waals surface area contributed by atoms with E-state index < -0.39 is 61.0 Å². The summed E-state index contributed by atoms with van der Waals surface area (Å²) in [5, 5.41) is 4.85. The average Bonchev–Trinajstić information content (AvgIpc) is 2.79. The molecule has 1 aromatic rings. The number of methoxy groups -OCH3 is 1. The van der Waals surface area contributed by atoms with Crippen molar-refractivity contribution in [1.29, 1.82) is 0 Å². The molecule has 194 valence electrons. The first-order chi connectivity index (χ1) is 16.3. The highest BCUT2D eigenvalue weighted by molar-refractivity contribution is 9.10. The first-order valence-corrected chi connectivity index (χ1v) is 11.6. The predicted molar refractivity (Wildman–Crippen MR) is 124 cm³/mol. The Labute approximate surface area is 209 Å². The second kappa shape index (κ2) is 12.3. The number of hydrogen-bond acceptors (Lipinski definition) is 6. The number of carbonyl (C=O) groups is 4. The van der Waals surface area contributed by atoms with E-state index in [-0.39, 0.29) is 19.6 Å². The van der Waals surface area contributed by atoms with Crippen molar-refractivity contribution >= 4 is 39.6 Å². The summed E-state index contributed by atoms with van der Waals surface area (Å²) in [5.74, 6) is -2.19. The molecule has 1 aromatic carbocycles. The van der Waals surface area contributed by atoms with Crippen LogP contribution in [0.2, 0.25) is 0 Å². The molecule has 0 aliphatic carbocycles. The molecule has 0 bridgehead atoms. The fourth-order valence-electron chi connectivity index (χ4n) is 3.63. The van der Waals surface area contributed by atoms with Gasteiger partial charge in [-0.2, -0.15) is 13.2 Å². The van der Waals surface area contributed by atoms with Crippen LogP contribution < -0.4 is 10.6 Å². The van der Waals surface area contributed by atoms with E-state index in [1.807, 2.05) is 0 Å². The van der Waals surface area contributed by atoms with Crippen LogP contribution in [-0.2, 0) is 14.3 Å². The first kappa shape index (κ1) is 28.6. The molecule has 9 nitrogen and oxygen atoms in total. The maximum Gasteiger partial charge on any atom is 0.407 e. The second-order valence-corrected chi connectivity index (χ2v) is 9.32. The largest absolute Gasteiger partial charge is 0.453 e. The fourth-order valence-corrected chi connectivity index (χ4v) is 3.89. The molecule has 3 amide bonds. The number of benzene rings is 1. The van der Waals surface area contributed by atoms with Crippen LogP contribution in [0.25, 0.3) is 0 Å². The number of nitrogens with one attached hydrogen (secondary N) is 2. The number of ketones is 1. The Bertz CT molecular complexity index is 927. The Morgan fingerprint density at radius 2 is 1.77 bits per heavy atom. The first-order valence-electron chi connectivity index (χ1n) is 10.8. The highest BCUT2D eigenvalue weighted by Gasteiger charge is 2.42. The Balaban J connectivity index is 2.20. The van der Waals surface area contributed by atoms with Crippen LogP contribution in [0.4, 0.5) is 18.0 Å². The number of alkyl carbamates (subject to hydrolysis) is 1. The summed E-state index contributed by atoms with van der Waals surface area (Å²) in [6.45, 7) is 1.04. The molecule has 0 radical (unpaired) electrons. The minimum absolute atomic E-state index is 0.115. The van der Waals surface area contributed by atoms with Gasteiger partial charge in [-0.05, 0) is 18.1 Å². The number of Topliss-reactive ketones (excluding diaryl/α,β-unsaturated/α-hetero) is 1. The number of halogens is 4. The number of alkyl halides is 3. The van der Waals surface area contributed by atoms with Gasteiger partial charge in [0.15, 0.2) is 5.78 Å². The van der Waals surface area contributed by atoms with Gasteiger partial charge >= 0.3 is 12.3 Å². The molecule has 35 heavy (non-hydrogen) atoms. The lowest BCUT2D eigenvalue weighted by molar-refractivity contribution is -0.160. The molecule has 1 fully saturated rings. The van der Waals surface area contributed by atoms with Crippen molar-refractivity contribution in [1.82, 2.24) is 20.4 Å². The topological polar surface area (TPSA) is 108 Å². The van der Waals surface area contributed by atoms with Gasteiger partial charge in [0.2, 0.25) is 11.8 Å². The van der Waals surface area contributed by atoms with Crippen LogP contribution in [0.3, 0.4) is 0 Å². The Hall–Kier alpha value is -2.67. The molecule has 1 aliphatic rings. The molecular weight excluding hydrogens is 537 g/mol. The van der Waals surface area contributed by atoms with Gasteiger partial charge in [0.25, 0.3) is 0 Å². The highest BCUT2D eigenvalue weighted by atomic mass is 79.9. The van der Waals surface area contributed by atoms with E-state index >= 15 is 0 Å². The third kappa shape index (κ3) is 8.49. The molecule has 0 saturated carbocycles. The number of rotatable bonds is 8. The SMILES string of the molecule is COC(=O)NC(C(=O)N1CCN(CC(F)(F)F)CC1C(=O)NCC(=O)c1ccc(Br)cc1)C(C)C. The molecule has 13 heteroatoms. The van der Waals surface area contributed by atoms with E-state index in [0.29, 0.717) is 5.56 Å². The zero-order chi connectivity index (χ0) is 26.3. The Morgan fingerprint density at radius 3 is 2.31 bits per heavy atom. The molecule has 0 spiro atoms. The normalized spacial score (nSPS) is 17.6. The predicted octanol–water partition coefficient (Wildman–Crippen LogP) is 2.20. The highest BCUT2D eigenvalue weighted by Crippen LogP contribution is 2.21. The van der Waals surface area contributed by atoms with Crippen LogP contribution in [0, 0.1) is 5.92 Å². The summed E-state index contributed by atoms with van der Waals surface area (Å²) in [4.78, 5) is 52.6. The van der Waals surface area contributed by atoms with Gasteiger partial charge in [-0.25, -0.2) is 4.79 Å². The van der Waals surface area contributed by atoms with Crippen molar-refractivity contribution in [2.45, 2.75) is 32.1 Å². The summed E-state index contributed by atoms with van der Waals surface area (Å²) < 4.78 is 44.3. The molecule has 1 heterocycles. The van der Waals surface area contributed by atoms with E-state index in [0.717, 1.165) is 21.4 Å². The van der Waals surface area contributed by atoms with Crippen LogP contribution in [0.5, 0.6) is 0 Å². The number of amides is 3. The van der Waals surface area contributed by atoms with Gasteiger partial charge in [0, 0.05) is 29.7 Å². The van der Waals surface area contributed by atoms with Crippen LogP contribution >= 0.6 is 15.9 Å². The van der Waals surface area contributed by atoms with Crippen molar-refractivity contribution in [2.75, 3.05) is 39.8 Å². The van der Waals surface area contributed by atoms with E-state index in [1.165, 1.54) is 0 Å². The van der Waals surface area contributed by atoms with Crippen molar-refractivity contribution in [3.05, 3.63) is 34.3 Å². The Morgan fingerprint density at radius 1 is 1.14 bits per heavy atom.